The van der Waals surface area contributed by atoms with Crippen LogP contribution in [-0.2, 0) is 0 Å². The molecule has 2 aromatic carbocycles. The molecule has 10 heteroatoms. The van der Waals surface area contributed by atoms with Gasteiger partial charge in [-0.1, -0.05) is 35.1 Å². The molecule has 0 spiro atoms. The van der Waals surface area contributed by atoms with E-state index in [0.717, 1.165) is 17.4 Å². The predicted octanol–water partition coefficient (Wildman–Crippen LogP) is 4.35. The highest BCUT2D eigenvalue weighted by Crippen LogP contribution is 2.26. The first-order valence-electron chi connectivity index (χ1n) is 7.67. The van der Waals surface area contributed by atoms with Gasteiger partial charge in [-0.05, 0) is 36.8 Å². The minimum atomic E-state index is -0.609. The molecule has 2 heterocycles. The van der Waals surface area contributed by atoms with Gasteiger partial charge in [0.2, 0.25) is 10.1 Å². The number of halogens is 3. The van der Waals surface area contributed by atoms with Gasteiger partial charge in [-0.2, -0.15) is 4.52 Å². The molecule has 4 rings (SSSR count). The molecule has 0 saturated carbocycles. The van der Waals surface area contributed by atoms with Crippen LogP contribution in [0.1, 0.15) is 15.9 Å². The number of anilines is 1. The third kappa shape index (κ3) is 3.26. The first-order valence-corrected chi connectivity index (χ1v) is 8.87. The summed E-state index contributed by atoms with van der Waals surface area (Å²) in [7, 11) is 0. The fourth-order valence-electron chi connectivity index (χ4n) is 2.39. The van der Waals surface area contributed by atoms with Crippen molar-refractivity contribution >= 4 is 38.9 Å². The summed E-state index contributed by atoms with van der Waals surface area (Å²) < 4.78 is 28.5. The summed E-state index contributed by atoms with van der Waals surface area (Å²) in [6.45, 7) is 1.66. The summed E-state index contributed by atoms with van der Waals surface area (Å²) >= 11 is 6.80. The summed E-state index contributed by atoms with van der Waals surface area (Å²) in [4.78, 5) is 12.7. The maximum absolute atomic E-state index is 13.8. The summed E-state index contributed by atoms with van der Waals surface area (Å²) in [5.41, 5.74) is 1.22. The molecule has 0 saturated heterocycles. The van der Waals surface area contributed by atoms with Crippen LogP contribution >= 0.6 is 22.9 Å². The topological polar surface area (TPSA) is 72.2 Å². The zero-order chi connectivity index (χ0) is 19.1. The van der Waals surface area contributed by atoms with Gasteiger partial charge in [0.1, 0.15) is 11.6 Å². The van der Waals surface area contributed by atoms with E-state index in [2.05, 4.69) is 20.6 Å². The quantitative estimate of drug-likeness (QED) is 0.550. The van der Waals surface area contributed by atoms with Crippen molar-refractivity contribution in [2.24, 2.45) is 0 Å². The predicted molar refractivity (Wildman–Crippen MR) is 98.2 cm³/mol. The minimum Gasteiger partial charge on any atom is -0.296 e. The van der Waals surface area contributed by atoms with Crippen LogP contribution in [0.15, 0.2) is 36.4 Å². The van der Waals surface area contributed by atoms with Crippen molar-refractivity contribution in [3.63, 3.8) is 0 Å². The van der Waals surface area contributed by atoms with E-state index in [1.54, 1.807) is 19.1 Å². The average Bonchev–Trinajstić information content (AvgIpc) is 3.20. The van der Waals surface area contributed by atoms with Crippen LogP contribution in [0, 0.1) is 18.6 Å². The first-order chi connectivity index (χ1) is 12.9. The van der Waals surface area contributed by atoms with Crippen molar-refractivity contribution in [2.45, 2.75) is 6.92 Å². The van der Waals surface area contributed by atoms with Crippen molar-refractivity contribution in [1.29, 1.82) is 0 Å². The summed E-state index contributed by atoms with van der Waals surface area (Å²) in [6, 6.07) is 8.36. The van der Waals surface area contributed by atoms with Crippen LogP contribution in [-0.4, -0.2) is 25.7 Å². The van der Waals surface area contributed by atoms with E-state index >= 15 is 0 Å². The number of benzene rings is 2. The smallest absolute Gasteiger partial charge is 0.257 e. The monoisotopic (exact) mass is 405 g/mol. The molecule has 0 aliphatic heterocycles. The Bertz CT molecular complexity index is 1190. The largest absolute Gasteiger partial charge is 0.296 e. The van der Waals surface area contributed by atoms with E-state index in [1.807, 2.05) is 0 Å². The highest BCUT2D eigenvalue weighted by atomic mass is 35.5. The lowest BCUT2D eigenvalue weighted by molar-refractivity contribution is 0.102. The second-order valence-corrected chi connectivity index (χ2v) is 7.04. The van der Waals surface area contributed by atoms with Crippen LogP contribution < -0.4 is 5.32 Å². The van der Waals surface area contributed by atoms with Gasteiger partial charge in [0.15, 0.2) is 5.82 Å². The van der Waals surface area contributed by atoms with Crippen molar-refractivity contribution in [3.05, 3.63) is 64.2 Å². The molecule has 0 fully saturated rings. The highest BCUT2D eigenvalue weighted by molar-refractivity contribution is 7.20. The molecule has 1 N–H and O–H groups in total. The van der Waals surface area contributed by atoms with E-state index < -0.39 is 11.7 Å². The maximum atomic E-state index is 13.8. The lowest BCUT2D eigenvalue weighted by atomic mass is 10.1. The third-order valence-electron chi connectivity index (χ3n) is 3.82. The standard InChI is InChI=1S/C17H10ClF2N5OS/c1-8-2-3-9(7-13(8)20)14-22-23-17-25(14)24-16(27-17)21-15(26)10-4-5-12(19)11(18)6-10/h2-7H,1H3,(H,21,24,26). The molecule has 6 nitrogen and oxygen atoms in total. The Labute approximate surface area is 160 Å². The molecule has 1 amide bonds. The van der Waals surface area contributed by atoms with Crippen molar-refractivity contribution in [3.8, 4) is 11.4 Å². The number of hydrogen-bond acceptors (Lipinski definition) is 5. The van der Waals surface area contributed by atoms with Gasteiger partial charge in [-0.15, -0.1) is 15.3 Å². The van der Waals surface area contributed by atoms with E-state index in [0.29, 0.717) is 21.9 Å². The molecule has 0 unspecified atom stereocenters. The molecule has 4 aromatic rings. The lowest BCUT2D eigenvalue weighted by Gasteiger charge is -2.02. The Morgan fingerprint density at radius 1 is 1.15 bits per heavy atom. The molecule has 136 valence electrons. The van der Waals surface area contributed by atoms with Crippen LogP contribution in [0.25, 0.3) is 16.3 Å². The van der Waals surface area contributed by atoms with Crippen LogP contribution in [0.2, 0.25) is 5.02 Å². The number of carbonyl (C=O) groups excluding carboxylic acids is 1. The van der Waals surface area contributed by atoms with Gasteiger partial charge in [-0.25, -0.2) is 8.78 Å². The molecule has 0 aliphatic rings. The number of fused-ring (bicyclic) bond motifs is 1. The second-order valence-electron chi connectivity index (χ2n) is 5.67. The summed E-state index contributed by atoms with van der Waals surface area (Å²) in [5, 5.41) is 15.0. The van der Waals surface area contributed by atoms with Gasteiger partial charge in [-0.3, -0.25) is 10.1 Å². The molecule has 0 radical (unpaired) electrons. The van der Waals surface area contributed by atoms with Gasteiger partial charge in [0, 0.05) is 11.1 Å². The molecule has 0 atom stereocenters. The normalized spacial score (nSPS) is 11.1. The first kappa shape index (κ1) is 17.5. The zero-order valence-electron chi connectivity index (χ0n) is 13.7. The second kappa shape index (κ2) is 6.67. The fraction of sp³-hybridized carbons (Fsp3) is 0.0588. The summed E-state index contributed by atoms with van der Waals surface area (Å²) in [6.07, 6.45) is 0. The van der Waals surface area contributed by atoms with E-state index in [9.17, 15) is 13.6 Å². The number of nitrogens with one attached hydrogen (secondary N) is 1. The summed E-state index contributed by atoms with van der Waals surface area (Å²) in [5.74, 6) is -1.11. The van der Waals surface area contributed by atoms with E-state index in [-0.39, 0.29) is 21.5 Å². The van der Waals surface area contributed by atoms with Crippen molar-refractivity contribution in [2.75, 3.05) is 5.32 Å². The van der Waals surface area contributed by atoms with Crippen LogP contribution in [0.3, 0.4) is 0 Å². The van der Waals surface area contributed by atoms with Gasteiger partial charge in [0.05, 0.1) is 5.02 Å². The number of aromatic nitrogens is 4. The lowest BCUT2D eigenvalue weighted by Crippen LogP contribution is -2.12. The van der Waals surface area contributed by atoms with Crippen molar-refractivity contribution < 1.29 is 13.6 Å². The van der Waals surface area contributed by atoms with Crippen LogP contribution in [0.5, 0.6) is 0 Å². The Morgan fingerprint density at radius 2 is 1.96 bits per heavy atom. The maximum Gasteiger partial charge on any atom is 0.257 e. The number of aryl methyl sites for hydroxylation is 1. The zero-order valence-corrected chi connectivity index (χ0v) is 15.3. The molecule has 2 aromatic heterocycles. The number of hydrogen-bond donors (Lipinski definition) is 1. The molecule has 27 heavy (non-hydrogen) atoms. The van der Waals surface area contributed by atoms with E-state index in [1.165, 1.54) is 22.7 Å². The minimum absolute atomic E-state index is 0.149. The number of amides is 1. The van der Waals surface area contributed by atoms with Crippen molar-refractivity contribution in [1.82, 2.24) is 19.8 Å². The SMILES string of the molecule is Cc1ccc(-c2nnc3sc(NC(=O)c4ccc(F)c(Cl)c4)nn23)cc1F. The highest BCUT2D eigenvalue weighted by Gasteiger charge is 2.17. The third-order valence-corrected chi connectivity index (χ3v) is 4.93. The Hall–Kier alpha value is -2.91. The number of nitrogens with zero attached hydrogens (tertiary/aromatic N) is 4. The van der Waals surface area contributed by atoms with E-state index in [4.69, 9.17) is 11.6 Å². The average molecular weight is 406 g/mol. The van der Waals surface area contributed by atoms with Gasteiger partial charge < -0.3 is 0 Å². The Morgan fingerprint density at radius 3 is 2.70 bits per heavy atom. The van der Waals surface area contributed by atoms with Gasteiger partial charge in [0.25, 0.3) is 5.91 Å². The Balaban J connectivity index is 1.64. The molecule has 0 aliphatic carbocycles. The number of carbonyl (C=O) groups is 1. The molecular formula is C17H10ClF2N5OS. The molecular weight excluding hydrogens is 396 g/mol. The fourth-order valence-corrected chi connectivity index (χ4v) is 3.30. The Kier molecular flexibility index (Phi) is 4.33. The van der Waals surface area contributed by atoms with Gasteiger partial charge >= 0.3 is 0 Å². The number of rotatable bonds is 3. The van der Waals surface area contributed by atoms with Crippen LogP contribution in [0.4, 0.5) is 13.9 Å². The molecule has 0 bridgehead atoms.